The van der Waals surface area contributed by atoms with Gasteiger partial charge in [0.15, 0.2) is 0 Å². The van der Waals surface area contributed by atoms with Crippen molar-refractivity contribution in [1.29, 1.82) is 0 Å². The quantitative estimate of drug-likeness (QED) is 0.436. The number of rotatable bonds is 6. The van der Waals surface area contributed by atoms with E-state index in [1.807, 2.05) is 0 Å². The molecule has 0 amide bonds. The average Bonchev–Trinajstić information content (AvgIpc) is 2.85. The van der Waals surface area contributed by atoms with Crippen molar-refractivity contribution in [3.8, 4) is 18.0 Å². The third-order valence-corrected chi connectivity index (χ3v) is 4.44. The molecule has 0 radical (unpaired) electrons. The summed E-state index contributed by atoms with van der Waals surface area (Å²) >= 11 is 0. The van der Waals surface area contributed by atoms with Gasteiger partial charge in [-0.3, -0.25) is 0 Å². The number of allylic oxidation sites excluding steroid dienone is 9. The Balaban J connectivity index is 1.56. The van der Waals surface area contributed by atoms with Crippen LogP contribution in [-0.2, 0) is 0 Å². The van der Waals surface area contributed by atoms with Crippen LogP contribution in [0.5, 0.6) is 18.0 Å². The van der Waals surface area contributed by atoms with Crippen molar-refractivity contribution in [2.24, 2.45) is 15.5 Å². The third-order valence-electron chi connectivity index (χ3n) is 4.44. The maximum atomic E-state index is 8.85. The Kier molecular flexibility index (Phi) is 6.54. The molecule has 4 rings (SSSR count). The van der Waals surface area contributed by atoms with E-state index in [1.54, 1.807) is 54.7 Å². The molecular weight excluding hydrogens is 432 g/mol. The Morgan fingerprint density at radius 3 is 1.03 bits per heavy atom. The number of hydrogen-bond acceptors (Lipinski definition) is 12. The van der Waals surface area contributed by atoms with Crippen LogP contribution in [0.25, 0.3) is 0 Å². The highest BCUT2D eigenvalue weighted by molar-refractivity contribution is 5.97. The molecule has 3 aliphatic carbocycles. The van der Waals surface area contributed by atoms with Gasteiger partial charge in [0.2, 0.25) is 0 Å². The molecule has 12 nitrogen and oxygen atoms in total. The van der Waals surface area contributed by atoms with Crippen LogP contribution in [0.15, 0.2) is 87.4 Å². The van der Waals surface area contributed by atoms with E-state index in [1.165, 1.54) is 0 Å². The lowest BCUT2D eigenvalue weighted by atomic mass is 10.1. The smallest absolute Gasteiger partial charge is 0.331 e. The Labute approximate surface area is 187 Å². The lowest BCUT2D eigenvalue weighted by molar-refractivity contribution is 0.318. The molecule has 3 N–H and O–H groups in total. The van der Waals surface area contributed by atoms with Gasteiger partial charge in [-0.1, -0.05) is 15.5 Å². The lowest BCUT2D eigenvalue weighted by Crippen LogP contribution is -2.09. The molecule has 0 aliphatic heterocycles. The number of hydrogen-bond donors (Lipinski definition) is 3. The van der Waals surface area contributed by atoms with Crippen molar-refractivity contribution in [3.05, 3.63) is 72.0 Å². The molecule has 1 aromatic heterocycles. The van der Waals surface area contributed by atoms with Gasteiger partial charge in [-0.2, -0.15) is 0 Å². The average molecular weight is 450 g/mol. The molecular formula is C21H18N6O6. The van der Waals surface area contributed by atoms with Crippen molar-refractivity contribution in [2.75, 3.05) is 0 Å². The minimum atomic E-state index is -0.0775. The van der Waals surface area contributed by atoms with Gasteiger partial charge < -0.3 is 29.8 Å². The molecule has 0 aromatic carbocycles. The van der Waals surface area contributed by atoms with Gasteiger partial charge in [0.1, 0.15) is 17.3 Å². The molecule has 0 bridgehead atoms. The van der Waals surface area contributed by atoms with Gasteiger partial charge in [0.25, 0.3) is 0 Å². The van der Waals surface area contributed by atoms with Crippen LogP contribution in [0.3, 0.4) is 0 Å². The molecule has 0 atom stereocenters. The second-order valence-corrected chi connectivity index (χ2v) is 6.70. The van der Waals surface area contributed by atoms with Crippen LogP contribution in [0.4, 0.5) is 0 Å². The van der Waals surface area contributed by atoms with Crippen molar-refractivity contribution >= 4 is 17.1 Å². The van der Waals surface area contributed by atoms with Crippen LogP contribution in [0.2, 0.25) is 0 Å². The van der Waals surface area contributed by atoms with Crippen LogP contribution in [0.1, 0.15) is 19.3 Å². The topological polar surface area (TPSA) is 164 Å². The predicted molar refractivity (Wildman–Crippen MR) is 115 cm³/mol. The van der Waals surface area contributed by atoms with Gasteiger partial charge in [-0.05, 0) is 54.7 Å². The van der Waals surface area contributed by atoms with Crippen molar-refractivity contribution in [1.82, 2.24) is 15.0 Å². The van der Waals surface area contributed by atoms with E-state index >= 15 is 0 Å². The summed E-state index contributed by atoms with van der Waals surface area (Å²) < 4.78 is 17.1. The van der Waals surface area contributed by atoms with E-state index in [-0.39, 0.29) is 18.0 Å². The molecule has 0 saturated heterocycles. The summed E-state index contributed by atoms with van der Waals surface area (Å²) in [6, 6.07) is -0.233. The van der Waals surface area contributed by atoms with E-state index in [0.717, 1.165) is 0 Å². The highest BCUT2D eigenvalue weighted by Crippen LogP contribution is 2.23. The number of aromatic nitrogens is 3. The van der Waals surface area contributed by atoms with E-state index in [4.69, 9.17) is 29.8 Å². The van der Waals surface area contributed by atoms with Crippen LogP contribution < -0.4 is 14.2 Å². The molecule has 0 spiro atoms. The summed E-state index contributed by atoms with van der Waals surface area (Å²) in [6.45, 7) is 0. The van der Waals surface area contributed by atoms with E-state index < -0.39 is 0 Å². The zero-order valence-corrected chi connectivity index (χ0v) is 17.1. The lowest BCUT2D eigenvalue weighted by Gasteiger charge is -2.13. The fourth-order valence-electron chi connectivity index (χ4n) is 2.78. The van der Waals surface area contributed by atoms with Gasteiger partial charge in [-0.15, -0.1) is 15.0 Å². The maximum absolute atomic E-state index is 8.85. The molecule has 3 aliphatic rings. The monoisotopic (exact) mass is 450 g/mol. The fourth-order valence-corrected chi connectivity index (χ4v) is 2.78. The largest absolute Gasteiger partial charge is 0.424 e. The van der Waals surface area contributed by atoms with Gasteiger partial charge in [0, 0.05) is 19.3 Å². The van der Waals surface area contributed by atoms with Crippen molar-refractivity contribution in [3.63, 3.8) is 0 Å². The molecule has 1 heterocycles. The SMILES string of the molecule is ON=C1C=CC(Oc2nc(OC3=CCC(=NO)C=C3)nc(OC3=CCC(=NO)C=C3)n2)=CC1. The summed E-state index contributed by atoms with van der Waals surface area (Å²) in [4.78, 5) is 12.5. The van der Waals surface area contributed by atoms with E-state index in [2.05, 4.69) is 30.4 Å². The summed E-state index contributed by atoms with van der Waals surface area (Å²) in [5.74, 6) is 1.31. The summed E-state index contributed by atoms with van der Waals surface area (Å²) in [5.41, 5.74) is 1.44. The van der Waals surface area contributed by atoms with Crippen molar-refractivity contribution < 1.29 is 29.8 Å². The zero-order valence-electron chi connectivity index (χ0n) is 17.1. The first kappa shape index (κ1) is 21.5. The number of oxime groups is 3. The second kappa shape index (κ2) is 10.0. The Hall–Kier alpha value is -4.74. The molecule has 33 heavy (non-hydrogen) atoms. The number of ether oxygens (including phenoxy) is 3. The van der Waals surface area contributed by atoms with Crippen LogP contribution >= 0.6 is 0 Å². The third kappa shape index (κ3) is 5.70. The van der Waals surface area contributed by atoms with Gasteiger partial charge >= 0.3 is 18.0 Å². The Bertz CT molecular complexity index is 1050. The molecule has 0 saturated carbocycles. The fraction of sp³-hybridized carbons (Fsp3) is 0.143. The Morgan fingerprint density at radius 1 is 0.515 bits per heavy atom. The summed E-state index contributed by atoms with van der Waals surface area (Å²) in [6.07, 6.45) is 15.8. The minimum absolute atomic E-state index is 0.0775. The molecule has 0 unspecified atom stereocenters. The van der Waals surface area contributed by atoms with Crippen LogP contribution in [0, 0.1) is 0 Å². The second-order valence-electron chi connectivity index (χ2n) is 6.70. The van der Waals surface area contributed by atoms with Gasteiger partial charge in [0.05, 0.1) is 17.1 Å². The van der Waals surface area contributed by atoms with Gasteiger partial charge in [-0.25, -0.2) is 0 Å². The maximum Gasteiger partial charge on any atom is 0.331 e. The molecule has 168 valence electrons. The zero-order chi connectivity index (χ0) is 23.0. The highest BCUT2D eigenvalue weighted by atomic mass is 16.5. The first-order valence-electron chi connectivity index (χ1n) is 9.72. The molecule has 1 aromatic rings. The van der Waals surface area contributed by atoms with Crippen molar-refractivity contribution in [2.45, 2.75) is 19.3 Å². The first-order valence-corrected chi connectivity index (χ1v) is 9.72. The van der Waals surface area contributed by atoms with Crippen LogP contribution in [-0.4, -0.2) is 47.7 Å². The first-order chi connectivity index (χ1) is 16.1. The predicted octanol–water partition coefficient (Wildman–Crippen LogP) is 3.03. The highest BCUT2D eigenvalue weighted by Gasteiger charge is 2.16. The van der Waals surface area contributed by atoms with E-state index in [0.29, 0.717) is 53.7 Å². The molecule has 0 fully saturated rings. The Morgan fingerprint density at radius 2 is 0.818 bits per heavy atom. The minimum Gasteiger partial charge on any atom is -0.424 e. The number of nitrogens with zero attached hydrogens (tertiary/aromatic N) is 6. The summed E-state index contributed by atoms with van der Waals surface area (Å²) in [5, 5.41) is 36.0. The summed E-state index contributed by atoms with van der Waals surface area (Å²) in [7, 11) is 0. The normalized spacial score (nSPS) is 21.1. The molecule has 12 heteroatoms. The standard InChI is InChI=1S/C21H18N6O6/c28-25-13-1-7-16(8-2-13)31-19-22-20(32-17-9-3-14(26-29)4-10-17)24-21(23-19)33-18-11-5-15(27-30)6-12-18/h1,3,5,7-12,28-30H,2,4,6H2. The van der Waals surface area contributed by atoms with E-state index in [9.17, 15) is 0 Å².